The van der Waals surface area contributed by atoms with Crippen molar-refractivity contribution in [3.63, 3.8) is 0 Å². The Bertz CT molecular complexity index is 1440. The Balaban J connectivity index is 1.17. The summed E-state index contributed by atoms with van der Waals surface area (Å²) in [6, 6.07) is 9.60. The van der Waals surface area contributed by atoms with E-state index < -0.39 is 98.4 Å². The van der Waals surface area contributed by atoms with Crippen molar-refractivity contribution in [3.8, 4) is 23.0 Å². The molecule has 4 saturated heterocycles. The molecule has 0 unspecified atom stereocenters. The minimum absolute atomic E-state index is 0.0795. The van der Waals surface area contributed by atoms with E-state index in [0.29, 0.717) is 11.1 Å². The van der Waals surface area contributed by atoms with Gasteiger partial charge in [0.15, 0.2) is 23.0 Å². The highest BCUT2D eigenvalue weighted by atomic mass is 16.7. The molecule has 14 atom stereocenters. The van der Waals surface area contributed by atoms with E-state index in [-0.39, 0.29) is 36.2 Å². The molecule has 0 bridgehead atoms. The van der Waals surface area contributed by atoms with Crippen LogP contribution in [0.2, 0.25) is 0 Å². The fourth-order valence-corrected chi connectivity index (χ4v) is 6.75. The van der Waals surface area contributed by atoms with Gasteiger partial charge < -0.3 is 83.9 Å². The lowest BCUT2D eigenvalue weighted by Gasteiger charge is -2.39. The summed E-state index contributed by atoms with van der Waals surface area (Å²) in [6.45, 7) is -1.18. The highest BCUT2D eigenvalue weighted by molar-refractivity contribution is 5.46. The predicted octanol–water partition coefficient (Wildman–Crippen LogP) is -2.75. The Morgan fingerprint density at radius 3 is 1.63 bits per heavy atom. The molecule has 0 spiro atoms. The van der Waals surface area contributed by atoms with Crippen LogP contribution in [0.15, 0.2) is 36.4 Å². The van der Waals surface area contributed by atoms with Gasteiger partial charge in [-0.05, 0) is 35.4 Å². The van der Waals surface area contributed by atoms with Crippen molar-refractivity contribution in [3.05, 3.63) is 47.5 Å². The van der Waals surface area contributed by atoms with E-state index in [1.54, 1.807) is 30.3 Å². The number of rotatable bonds is 10. The average Bonchev–Trinajstić information content (AvgIpc) is 3.63. The van der Waals surface area contributed by atoms with Crippen LogP contribution in [0.1, 0.15) is 23.3 Å². The van der Waals surface area contributed by atoms with E-state index in [0.717, 1.165) is 0 Å². The number of methoxy groups -OCH3 is 2. The molecule has 0 radical (unpaired) electrons. The number of benzene rings is 2. The maximum absolute atomic E-state index is 11.9. The van der Waals surface area contributed by atoms with E-state index in [1.807, 2.05) is 0 Å². The fourth-order valence-electron chi connectivity index (χ4n) is 6.75. The van der Waals surface area contributed by atoms with Crippen molar-refractivity contribution in [2.24, 2.45) is 5.92 Å². The zero-order valence-corrected chi connectivity index (χ0v) is 26.6. The molecule has 2 aromatic rings. The molecule has 4 aliphatic heterocycles. The molecule has 17 heteroatoms. The molecule has 9 N–H and O–H groups in total. The Labute approximate surface area is 280 Å². The van der Waals surface area contributed by atoms with Gasteiger partial charge in [-0.25, -0.2) is 0 Å². The summed E-state index contributed by atoms with van der Waals surface area (Å²) in [5.74, 6) is 0.165. The first kappa shape index (κ1) is 35.9. The summed E-state index contributed by atoms with van der Waals surface area (Å²) in [5, 5.41) is 92.0. The van der Waals surface area contributed by atoms with Crippen molar-refractivity contribution in [2.45, 2.75) is 79.2 Å². The quantitative estimate of drug-likeness (QED) is 0.122. The lowest BCUT2D eigenvalue weighted by atomic mass is 9.81. The molecule has 17 nitrogen and oxygen atoms in total. The topological polar surface area (TPSA) is 256 Å². The maximum atomic E-state index is 11.9. The summed E-state index contributed by atoms with van der Waals surface area (Å²) in [7, 11) is 2.79. The normalized spacial score (nSPS) is 40.5. The highest BCUT2D eigenvalue weighted by Crippen LogP contribution is 2.54. The van der Waals surface area contributed by atoms with Crippen molar-refractivity contribution in [1.29, 1.82) is 0 Å². The van der Waals surface area contributed by atoms with E-state index in [2.05, 4.69) is 0 Å². The lowest BCUT2D eigenvalue weighted by molar-refractivity contribution is -0.277. The van der Waals surface area contributed by atoms with Gasteiger partial charge in [0, 0.05) is 5.92 Å². The van der Waals surface area contributed by atoms with Crippen LogP contribution >= 0.6 is 0 Å². The number of aliphatic hydroxyl groups excluding tert-OH is 8. The second-order valence-corrected chi connectivity index (χ2v) is 12.5. The molecule has 4 fully saturated rings. The van der Waals surface area contributed by atoms with Gasteiger partial charge in [0.1, 0.15) is 60.5 Å². The first-order valence-corrected chi connectivity index (χ1v) is 15.7. The van der Waals surface area contributed by atoms with E-state index in [9.17, 15) is 46.0 Å². The number of hydrogen-bond donors (Lipinski definition) is 9. The number of hydrogen-bond acceptors (Lipinski definition) is 17. The summed E-state index contributed by atoms with van der Waals surface area (Å²) in [5.41, 5.74) is -0.300. The van der Waals surface area contributed by atoms with Gasteiger partial charge in [-0.15, -0.1) is 0 Å². The molecule has 0 aliphatic carbocycles. The summed E-state index contributed by atoms with van der Waals surface area (Å²) in [4.78, 5) is 0. The summed E-state index contributed by atoms with van der Waals surface area (Å²) < 4.78 is 45.7. The first-order valence-electron chi connectivity index (χ1n) is 15.7. The molecule has 272 valence electrons. The molecule has 4 aliphatic rings. The number of aliphatic hydroxyl groups is 9. The third-order valence-electron chi connectivity index (χ3n) is 9.59. The molecule has 6 rings (SSSR count). The van der Waals surface area contributed by atoms with Crippen LogP contribution in [0.25, 0.3) is 0 Å². The van der Waals surface area contributed by atoms with Gasteiger partial charge in [-0.1, -0.05) is 12.1 Å². The second kappa shape index (κ2) is 14.4. The van der Waals surface area contributed by atoms with Crippen molar-refractivity contribution in [1.82, 2.24) is 0 Å². The smallest absolute Gasteiger partial charge is 0.229 e. The van der Waals surface area contributed by atoms with E-state index in [1.165, 1.54) is 20.3 Å². The van der Waals surface area contributed by atoms with Gasteiger partial charge in [0.05, 0.1) is 46.8 Å². The standard InChI is InChI=1S/C32H42O17/c1-42-18-7-13(3-5-16(18)46-30-26(39)24(37)22(35)20(9-33)48-30)28-15-11-44-29(32(15,41)12-45-28)14-4-6-17(19(8-14)43-2)47-31-27(40)25(38)23(36)21(10-34)49-31/h3-8,15,20-31,33-41H,9-12H2,1-2H3/t15-,20+,21+,22+,23+,24-,25-,26+,27+,28-,29+,30-,31-,32+/m0/s1. The predicted molar refractivity (Wildman–Crippen MR) is 161 cm³/mol. The van der Waals surface area contributed by atoms with Crippen LogP contribution in [0, 0.1) is 5.92 Å². The Hall–Kier alpha value is -2.88. The molecule has 0 aromatic heterocycles. The van der Waals surface area contributed by atoms with Crippen molar-refractivity contribution < 1.29 is 83.9 Å². The van der Waals surface area contributed by atoms with Gasteiger partial charge in [0.2, 0.25) is 12.6 Å². The monoisotopic (exact) mass is 698 g/mol. The molecule has 0 saturated carbocycles. The third kappa shape index (κ3) is 6.44. The zero-order valence-electron chi connectivity index (χ0n) is 26.6. The van der Waals surface area contributed by atoms with Gasteiger partial charge in [-0.2, -0.15) is 0 Å². The summed E-state index contributed by atoms with van der Waals surface area (Å²) in [6.07, 6.45) is -16.2. The maximum Gasteiger partial charge on any atom is 0.229 e. The second-order valence-electron chi connectivity index (χ2n) is 12.5. The third-order valence-corrected chi connectivity index (χ3v) is 9.59. The van der Waals surface area contributed by atoms with Gasteiger partial charge in [-0.3, -0.25) is 0 Å². The molecule has 0 amide bonds. The van der Waals surface area contributed by atoms with Crippen LogP contribution in [0.5, 0.6) is 23.0 Å². The molecule has 4 heterocycles. The Kier molecular flexibility index (Phi) is 10.6. The largest absolute Gasteiger partial charge is 0.493 e. The van der Waals surface area contributed by atoms with Crippen molar-refractivity contribution in [2.75, 3.05) is 40.6 Å². The minimum Gasteiger partial charge on any atom is -0.493 e. The van der Waals surface area contributed by atoms with E-state index in [4.69, 9.17) is 37.9 Å². The van der Waals surface area contributed by atoms with Gasteiger partial charge >= 0.3 is 0 Å². The number of ether oxygens (including phenoxy) is 8. The molecule has 2 aromatic carbocycles. The Morgan fingerprint density at radius 1 is 0.653 bits per heavy atom. The van der Waals surface area contributed by atoms with Crippen LogP contribution in [-0.4, -0.2) is 154 Å². The lowest BCUT2D eigenvalue weighted by Crippen LogP contribution is -2.60. The average molecular weight is 699 g/mol. The van der Waals surface area contributed by atoms with Crippen LogP contribution in [-0.2, 0) is 18.9 Å². The van der Waals surface area contributed by atoms with Crippen LogP contribution in [0.3, 0.4) is 0 Å². The van der Waals surface area contributed by atoms with E-state index >= 15 is 0 Å². The Morgan fingerprint density at radius 2 is 1.14 bits per heavy atom. The molecular weight excluding hydrogens is 656 g/mol. The first-order chi connectivity index (χ1) is 23.4. The minimum atomic E-state index is -1.62. The van der Waals surface area contributed by atoms with Crippen LogP contribution < -0.4 is 18.9 Å². The summed E-state index contributed by atoms with van der Waals surface area (Å²) >= 11 is 0. The zero-order chi connectivity index (χ0) is 35.2. The molecular formula is C32H42O17. The SMILES string of the molecule is COc1cc([C@H]2OC[C@H]3[C@H](c4ccc(O[C@H]5O[C@H](CO)[C@@H](O)[C@H](O)[C@H]5O)c(OC)c4)OC[C@]23O)ccc1O[C@H]1O[C@H](CO)[C@@H](O)[C@H](O)[C@H]1O. The fraction of sp³-hybridized carbons (Fsp3) is 0.625. The van der Waals surface area contributed by atoms with Crippen LogP contribution in [0.4, 0.5) is 0 Å². The number of fused-ring (bicyclic) bond motifs is 1. The molecule has 49 heavy (non-hydrogen) atoms. The van der Waals surface area contributed by atoms with Gasteiger partial charge in [0.25, 0.3) is 0 Å². The van der Waals surface area contributed by atoms with Crippen molar-refractivity contribution >= 4 is 0 Å². The highest BCUT2D eigenvalue weighted by Gasteiger charge is 2.59.